The summed E-state index contributed by atoms with van der Waals surface area (Å²) in [7, 11) is 1.66. The molecule has 1 fully saturated rings. The third kappa shape index (κ3) is 4.01. The normalized spacial score (nSPS) is 16.4. The van der Waals surface area contributed by atoms with E-state index in [1.165, 1.54) is 9.13 Å². The maximum Gasteiger partial charge on any atom is 0.332 e. The first kappa shape index (κ1) is 20.9. The molecule has 8 heteroatoms. The van der Waals surface area contributed by atoms with Crippen molar-refractivity contribution in [3.63, 3.8) is 0 Å². The van der Waals surface area contributed by atoms with Gasteiger partial charge in [0.1, 0.15) is 0 Å². The van der Waals surface area contributed by atoms with E-state index in [2.05, 4.69) is 16.7 Å². The van der Waals surface area contributed by atoms with Crippen molar-refractivity contribution in [1.82, 2.24) is 18.7 Å². The number of aryl methyl sites for hydroxylation is 2. The second-order valence-corrected chi connectivity index (χ2v) is 7.98. The van der Waals surface area contributed by atoms with Gasteiger partial charge in [-0.25, -0.2) is 4.79 Å². The third-order valence-corrected chi connectivity index (χ3v) is 5.83. The van der Waals surface area contributed by atoms with Gasteiger partial charge in [0, 0.05) is 32.7 Å². The lowest BCUT2D eigenvalue weighted by molar-refractivity contribution is 0.496. The van der Waals surface area contributed by atoms with Crippen LogP contribution in [0.1, 0.15) is 25.3 Å². The average molecular weight is 421 g/mol. The number of nitrogens with zero attached hydrogens (tertiary/aromatic N) is 5. The van der Waals surface area contributed by atoms with Gasteiger partial charge < -0.3 is 10.6 Å². The van der Waals surface area contributed by atoms with Gasteiger partial charge in [0.25, 0.3) is 5.56 Å². The van der Waals surface area contributed by atoms with E-state index in [1.807, 2.05) is 34.9 Å². The Bertz CT molecular complexity index is 1260. The summed E-state index contributed by atoms with van der Waals surface area (Å²) in [5.74, 6) is 6.60. The van der Waals surface area contributed by atoms with E-state index < -0.39 is 0 Å². The number of hydrogen-bond acceptors (Lipinski definition) is 5. The highest BCUT2D eigenvalue weighted by atomic mass is 16.2. The summed E-state index contributed by atoms with van der Waals surface area (Å²) in [5.41, 5.74) is 7.37. The predicted molar refractivity (Wildman–Crippen MR) is 122 cm³/mol. The minimum absolute atomic E-state index is 0.0608. The summed E-state index contributed by atoms with van der Waals surface area (Å²) >= 11 is 0. The Kier molecular flexibility index (Phi) is 5.96. The second kappa shape index (κ2) is 8.82. The molecule has 0 bridgehead atoms. The van der Waals surface area contributed by atoms with Gasteiger partial charge in [-0.15, -0.1) is 5.92 Å². The molecule has 1 saturated heterocycles. The highest BCUT2D eigenvalue weighted by Gasteiger charge is 2.26. The Hall–Kier alpha value is -3.31. The van der Waals surface area contributed by atoms with Gasteiger partial charge in [-0.2, -0.15) is 4.98 Å². The molecule has 2 N–H and O–H groups in total. The molecule has 3 heterocycles. The van der Waals surface area contributed by atoms with Crippen LogP contribution in [0.4, 0.5) is 5.95 Å². The lowest BCUT2D eigenvalue weighted by atomic mass is 10.1. The molecule has 1 aromatic carbocycles. The summed E-state index contributed by atoms with van der Waals surface area (Å²) < 4.78 is 4.61. The van der Waals surface area contributed by atoms with Crippen molar-refractivity contribution in [2.24, 2.45) is 12.8 Å². The zero-order valence-corrected chi connectivity index (χ0v) is 18.0. The standard InChI is InChI=1S/C23H28N6O2/c1-3-4-14-28-19-20(25-22(28)27-13-8-11-18(24)16-27)26(2)23(31)29(21(19)30)15-12-17-9-6-5-7-10-17/h5-7,9-10,18H,8,11-16,24H2,1-2H3/t18-/m1/s1. The molecule has 1 aliphatic rings. The van der Waals surface area contributed by atoms with Crippen molar-refractivity contribution in [1.29, 1.82) is 0 Å². The Morgan fingerprint density at radius 2 is 1.97 bits per heavy atom. The van der Waals surface area contributed by atoms with Crippen LogP contribution in [-0.2, 0) is 26.6 Å². The fourth-order valence-corrected chi connectivity index (χ4v) is 4.18. The highest BCUT2D eigenvalue weighted by Crippen LogP contribution is 2.22. The van der Waals surface area contributed by atoms with E-state index in [-0.39, 0.29) is 17.3 Å². The first-order chi connectivity index (χ1) is 15.0. The summed E-state index contributed by atoms with van der Waals surface area (Å²) in [5, 5.41) is 0. The van der Waals surface area contributed by atoms with Crippen LogP contribution in [0.15, 0.2) is 39.9 Å². The molecule has 0 saturated carbocycles. The van der Waals surface area contributed by atoms with Crippen molar-refractivity contribution in [3.8, 4) is 11.8 Å². The number of piperidine rings is 1. The maximum absolute atomic E-state index is 13.5. The number of benzene rings is 1. The number of aromatic nitrogens is 4. The minimum Gasteiger partial charge on any atom is -0.341 e. The molecule has 0 unspecified atom stereocenters. The third-order valence-electron chi connectivity index (χ3n) is 5.83. The lowest BCUT2D eigenvalue weighted by Crippen LogP contribution is -2.44. The fraction of sp³-hybridized carbons (Fsp3) is 0.435. The van der Waals surface area contributed by atoms with E-state index in [9.17, 15) is 9.59 Å². The van der Waals surface area contributed by atoms with Crippen molar-refractivity contribution in [3.05, 3.63) is 56.7 Å². The number of imidazole rings is 1. The van der Waals surface area contributed by atoms with Crippen LogP contribution in [0.3, 0.4) is 0 Å². The van der Waals surface area contributed by atoms with Gasteiger partial charge in [0.05, 0.1) is 6.54 Å². The number of fused-ring (bicyclic) bond motifs is 1. The van der Waals surface area contributed by atoms with E-state index in [1.54, 1.807) is 14.0 Å². The van der Waals surface area contributed by atoms with E-state index >= 15 is 0 Å². The Morgan fingerprint density at radius 1 is 1.19 bits per heavy atom. The molecule has 4 rings (SSSR count). The Labute approximate surface area is 180 Å². The molecule has 1 atom stereocenters. The molecule has 0 amide bonds. The minimum atomic E-state index is -0.360. The largest absolute Gasteiger partial charge is 0.341 e. The summed E-state index contributed by atoms with van der Waals surface area (Å²) in [6.07, 6.45) is 2.53. The summed E-state index contributed by atoms with van der Waals surface area (Å²) in [4.78, 5) is 33.3. The van der Waals surface area contributed by atoms with Crippen LogP contribution < -0.4 is 21.9 Å². The second-order valence-electron chi connectivity index (χ2n) is 7.98. The SMILES string of the molecule is CC#CCn1c(N2CCC[C@@H](N)C2)nc2c1c(=O)n(CCc1ccccc1)c(=O)n2C. The van der Waals surface area contributed by atoms with Crippen molar-refractivity contribution in [2.45, 2.75) is 45.3 Å². The zero-order valence-electron chi connectivity index (χ0n) is 18.0. The number of rotatable bonds is 5. The molecule has 3 aromatic rings. The molecule has 31 heavy (non-hydrogen) atoms. The average Bonchev–Trinajstić information content (AvgIpc) is 3.16. The molecular formula is C23H28N6O2. The van der Waals surface area contributed by atoms with E-state index in [0.29, 0.717) is 43.2 Å². The molecular weight excluding hydrogens is 392 g/mol. The van der Waals surface area contributed by atoms with Crippen LogP contribution >= 0.6 is 0 Å². The molecule has 162 valence electrons. The van der Waals surface area contributed by atoms with Crippen LogP contribution in [0, 0.1) is 11.8 Å². The topological polar surface area (TPSA) is 91.1 Å². The number of anilines is 1. The smallest absolute Gasteiger partial charge is 0.332 e. The van der Waals surface area contributed by atoms with Gasteiger partial charge in [0.2, 0.25) is 5.95 Å². The van der Waals surface area contributed by atoms with Crippen molar-refractivity contribution < 1.29 is 0 Å². The molecule has 8 nitrogen and oxygen atoms in total. The first-order valence-corrected chi connectivity index (χ1v) is 10.7. The van der Waals surface area contributed by atoms with Crippen LogP contribution in [0.2, 0.25) is 0 Å². The van der Waals surface area contributed by atoms with Gasteiger partial charge >= 0.3 is 5.69 Å². The van der Waals surface area contributed by atoms with Crippen molar-refractivity contribution >= 4 is 17.1 Å². The Balaban J connectivity index is 1.85. The van der Waals surface area contributed by atoms with Crippen LogP contribution in [-0.4, -0.2) is 37.8 Å². The van der Waals surface area contributed by atoms with Crippen LogP contribution in [0.5, 0.6) is 0 Å². The summed E-state index contributed by atoms with van der Waals surface area (Å²) in [6.45, 7) is 3.88. The van der Waals surface area contributed by atoms with E-state index in [0.717, 1.165) is 24.9 Å². The molecule has 0 radical (unpaired) electrons. The number of nitrogens with two attached hydrogens (primary N) is 1. The summed E-state index contributed by atoms with van der Waals surface area (Å²) in [6, 6.07) is 9.90. The molecule has 0 aliphatic carbocycles. The predicted octanol–water partition coefficient (Wildman–Crippen LogP) is 1.09. The Morgan fingerprint density at radius 3 is 2.68 bits per heavy atom. The lowest BCUT2D eigenvalue weighted by Gasteiger charge is -2.31. The highest BCUT2D eigenvalue weighted by molar-refractivity contribution is 5.75. The van der Waals surface area contributed by atoms with Gasteiger partial charge in [-0.05, 0) is 31.7 Å². The quantitative estimate of drug-likeness (QED) is 0.624. The monoisotopic (exact) mass is 420 g/mol. The van der Waals surface area contributed by atoms with Gasteiger partial charge in [0.15, 0.2) is 11.2 Å². The van der Waals surface area contributed by atoms with Crippen molar-refractivity contribution in [2.75, 3.05) is 18.0 Å². The maximum atomic E-state index is 13.5. The van der Waals surface area contributed by atoms with E-state index in [4.69, 9.17) is 10.7 Å². The number of hydrogen-bond donors (Lipinski definition) is 1. The molecule has 0 spiro atoms. The zero-order chi connectivity index (χ0) is 22.0. The van der Waals surface area contributed by atoms with Crippen LogP contribution in [0.25, 0.3) is 11.2 Å². The van der Waals surface area contributed by atoms with Gasteiger partial charge in [-0.3, -0.25) is 18.5 Å². The first-order valence-electron chi connectivity index (χ1n) is 10.7. The molecule has 1 aliphatic heterocycles. The van der Waals surface area contributed by atoms with Gasteiger partial charge in [-0.1, -0.05) is 36.3 Å². The fourth-order valence-electron chi connectivity index (χ4n) is 4.18. The molecule has 2 aromatic heterocycles.